The predicted octanol–water partition coefficient (Wildman–Crippen LogP) is 1.82. The molecule has 0 saturated carbocycles. The molecular weight excluding hydrogens is 116 g/mol. The lowest BCUT2D eigenvalue weighted by Crippen LogP contribution is -1.75. The topological polar surface area (TPSA) is 64.6 Å². The Kier molecular flexibility index (Phi) is 1.77. The van der Waals surface area contributed by atoms with Crippen LogP contribution in [0, 0.1) is 0 Å². The fourth-order valence-corrected chi connectivity index (χ4v) is 0.574. The Labute approximate surface area is 52.1 Å². The molecule has 0 bridgehead atoms. The minimum atomic E-state index is 0.406. The molecule has 0 aliphatic heterocycles. The Morgan fingerprint density at radius 1 is 1.78 bits per heavy atom. The quantitative estimate of drug-likeness (QED) is 0.353. The minimum Gasteiger partial charge on any atom is -0.365 e. The van der Waals surface area contributed by atoms with Crippen LogP contribution < -0.4 is 0 Å². The first-order chi connectivity index (χ1) is 4.43. The highest BCUT2D eigenvalue weighted by Crippen LogP contribution is 1.95. The highest BCUT2D eigenvalue weighted by molar-refractivity contribution is 5.02. The molecule has 0 aliphatic carbocycles. The van der Waals surface area contributed by atoms with E-state index in [-0.39, 0.29) is 0 Å². The average molecular weight is 122 g/mol. The number of hydrogen-bond acceptors (Lipinski definition) is 1. The summed E-state index contributed by atoms with van der Waals surface area (Å²) in [6, 6.07) is 3.73. The van der Waals surface area contributed by atoms with Crippen molar-refractivity contribution in [2.24, 2.45) is 5.11 Å². The van der Waals surface area contributed by atoms with Crippen molar-refractivity contribution < 1.29 is 0 Å². The zero-order chi connectivity index (χ0) is 6.53. The molecule has 4 heteroatoms. The van der Waals surface area contributed by atoms with Crippen LogP contribution in [0.2, 0.25) is 0 Å². The lowest BCUT2D eigenvalue weighted by molar-refractivity contribution is 0.995. The highest BCUT2D eigenvalue weighted by atomic mass is 15.1. The number of aromatic nitrogens is 1. The molecule has 1 N–H and O–H groups in total. The zero-order valence-corrected chi connectivity index (χ0v) is 4.78. The van der Waals surface area contributed by atoms with Gasteiger partial charge in [-0.1, -0.05) is 5.11 Å². The molecule has 0 amide bonds. The highest BCUT2D eigenvalue weighted by Gasteiger charge is 1.85. The lowest BCUT2D eigenvalue weighted by Gasteiger charge is -1.82. The van der Waals surface area contributed by atoms with E-state index in [0.717, 1.165) is 5.69 Å². The molecule has 1 rings (SSSR count). The van der Waals surface area contributed by atoms with E-state index in [0.29, 0.717) is 6.54 Å². The summed E-state index contributed by atoms with van der Waals surface area (Å²) in [7, 11) is 0. The summed E-state index contributed by atoms with van der Waals surface area (Å²) < 4.78 is 0. The Bertz CT molecular complexity index is 207. The molecule has 0 fully saturated rings. The number of aromatic amines is 1. The van der Waals surface area contributed by atoms with E-state index in [1.807, 2.05) is 12.1 Å². The molecule has 0 atom stereocenters. The largest absolute Gasteiger partial charge is 0.365 e. The van der Waals surface area contributed by atoms with Crippen molar-refractivity contribution in [2.75, 3.05) is 0 Å². The first-order valence-corrected chi connectivity index (χ1v) is 2.56. The molecule has 0 aliphatic rings. The van der Waals surface area contributed by atoms with Crippen LogP contribution in [0.4, 0.5) is 0 Å². The average Bonchev–Trinajstić information content (AvgIpc) is 2.34. The molecule has 0 radical (unpaired) electrons. The maximum absolute atomic E-state index is 7.91. The maximum Gasteiger partial charge on any atom is 0.0661 e. The van der Waals surface area contributed by atoms with Crippen LogP contribution >= 0.6 is 0 Å². The van der Waals surface area contributed by atoms with Gasteiger partial charge in [-0.25, -0.2) is 0 Å². The van der Waals surface area contributed by atoms with Gasteiger partial charge in [0.05, 0.1) is 6.54 Å². The first kappa shape index (κ1) is 5.72. The second kappa shape index (κ2) is 2.79. The van der Waals surface area contributed by atoms with E-state index < -0.39 is 0 Å². The molecule has 9 heavy (non-hydrogen) atoms. The standard InChI is InChI=1S/C5H6N4/c6-9-8-4-5-2-1-3-7-5/h1-3,7H,4H2. The summed E-state index contributed by atoms with van der Waals surface area (Å²) in [5, 5.41) is 3.36. The van der Waals surface area contributed by atoms with Crippen LogP contribution in [-0.2, 0) is 6.54 Å². The van der Waals surface area contributed by atoms with Gasteiger partial charge in [-0.3, -0.25) is 0 Å². The van der Waals surface area contributed by atoms with Gasteiger partial charge < -0.3 is 4.98 Å². The normalized spacial score (nSPS) is 8.44. The van der Waals surface area contributed by atoms with Crippen molar-refractivity contribution in [3.05, 3.63) is 34.5 Å². The summed E-state index contributed by atoms with van der Waals surface area (Å²) in [4.78, 5) is 5.52. The van der Waals surface area contributed by atoms with Crippen molar-refractivity contribution >= 4 is 0 Å². The van der Waals surface area contributed by atoms with E-state index in [4.69, 9.17) is 5.53 Å². The number of hydrogen-bond donors (Lipinski definition) is 1. The van der Waals surface area contributed by atoms with Gasteiger partial charge in [0.1, 0.15) is 0 Å². The van der Waals surface area contributed by atoms with Crippen LogP contribution in [0.25, 0.3) is 10.4 Å². The molecule has 1 aromatic rings. The van der Waals surface area contributed by atoms with E-state index in [2.05, 4.69) is 15.0 Å². The van der Waals surface area contributed by atoms with Crippen LogP contribution in [-0.4, -0.2) is 4.98 Å². The van der Waals surface area contributed by atoms with Crippen molar-refractivity contribution in [3.63, 3.8) is 0 Å². The van der Waals surface area contributed by atoms with Gasteiger partial charge in [0.15, 0.2) is 0 Å². The van der Waals surface area contributed by atoms with Gasteiger partial charge in [0.25, 0.3) is 0 Å². The van der Waals surface area contributed by atoms with E-state index in [9.17, 15) is 0 Å². The molecule has 1 aromatic heterocycles. The molecule has 0 unspecified atom stereocenters. The second-order valence-corrected chi connectivity index (χ2v) is 1.58. The SMILES string of the molecule is [N-]=[N+]=NCc1ccc[nH]1. The number of azide groups is 1. The van der Waals surface area contributed by atoms with Crippen LogP contribution in [0.3, 0.4) is 0 Å². The molecule has 0 spiro atoms. The monoisotopic (exact) mass is 122 g/mol. The van der Waals surface area contributed by atoms with Gasteiger partial charge in [-0.2, -0.15) is 0 Å². The van der Waals surface area contributed by atoms with Gasteiger partial charge >= 0.3 is 0 Å². The Morgan fingerprint density at radius 2 is 2.67 bits per heavy atom. The third-order valence-corrected chi connectivity index (χ3v) is 0.967. The van der Waals surface area contributed by atoms with Crippen LogP contribution in [0.15, 0.2) is 23.4 Å². The Hall–Kier alpha value is -1.41. The Morgan fingerprint density at radius 3 is 3.22 bits per heavy atom. The van der Waals surface area contributed by atoms with Crippen molar-refractivity contribution in [3.8, 4) is 0 Å². The maximum atomic E-state index is 7.91. The number of nitrogens with one attached hydrogen (secondary N) is 1. The molecule has 1 heterocycles. The first-order valence-electron chi connectivity index (χ1n) is 2.56. The van der Waals surface area contributed by atoms with Crippen LogP contribution in [0.1, 0.15) is 5.69 Å². The Balaban J connectivity index is 2.57. The van der Waals surface area contributed by atoms with Crippen molar-refractivity contribution in [1.82, 2.24) is 4.98 Å². The zero-order valence-electron chi connectivity index (χ0n) is 4.78. The van der Waals surface area contributed by atoms with E-state index >= 15 is 0 Å². The van der Waals surface area contributed by atoms with Gasteiger partial charge in [-0.15, -0.1) is 0 Å². The van der Waals surface area contributed by atoms with Gasteiger partial charge in [0.2, 0.25) is 0 Å². The second-order valence-electron chi connectivity index (χ2n) is 1.58. The summed E-state index contributed by atoms with van der Waals surface area (Å²) in [6.45, 7) is 0.406. The summed E-state index contributed by atoms with van der Waals surface area (Å²) >= 11 is 0. The van der Waals surface area contributed by atoms with Gasteiger partial charge in [0, 0.05) is 16.8 Å². The smallest absolute Gasteiger partial charge is 0.0661 e. The minimum absolute atomic E-state index is 0.406. The number of rotatable bonds is 2. The lowest BCUT2D eigenvalue weighted by atomic mass is 10.4. The molecule has 0 aromatic carbocycles. The predicted molar refractivity (Wildman–Crippen MR) is 33.6 cm³/mol. The van der Waals surface area contributed by atoms with E-state index in [1.165, 1.54) is 0 Å². The summed E-state index contributed by atoms with van der Waals surface area (Å²) in [6.07, 6.45) is 1.79. The van der Waals surface area contributed by atoms with Crippen molar-refractivity contribution in [1.29, 1.82) is 0 Å². The van der Waals surface area contributed by atoms with Crippen molar-refractivity contribution in [2.45, 2.75) is 6.54 Å². The van der Waals surface area contributed by atoms with Crippen LogP contribution in [0.5, 0.6) is 0 Å². The molecule has 0 saturated heterocycles. The van der Waals surface area contributed by atoms with E-state index in [1.54, 1.807) is 6.20 Å². The fourth-order valence-electron chi connectivity index (χ4n) is 0.574. The summed E-state index contributed by atoms with van der Waals surface area (Å²) in [5.74, 6) is 0. The summed E-state index contributed by atoms with van der Waals surface area (Å²) in [5.41, 5.74) is 8.85. The molecule has 46 valence electrons. The molecular formula is C5H6N4. The third-order valence-electron chi connectivity index (χ3n) is 0.967. The third kappa shape index (κ3) is 1.51. The number of nitrogens with zero attached hydrogens (tertiary/aromatic N) is 3. The number of H-pyrrole nitrogens is 1. The molecule has 4 nitrogen and oxygen atoms in total. The fraction of sp³-hybridized carbons (Fsp3) is 0.200. The van der Waals surface area contributed by atoms with Gasteiger partial charge in [-0.05, 0) is 17.7 Å².